The number of Topliss-reactive ketones (excluding diaryl/α,β-unsaturated/α-hetero) is 1. The Morgan fingerprint density at radius 1 is 1.41 bits per heavy atom. The van der Waals surface area contributed by atoms with Crippen molar-refractivity contribution < 1.29 is 4.79 Å². The minimum Gasteiger partial charge on any atom is -0.300 e. The number of ketones is 1. The van der Waals surface area contributed by atoms with Crippen LogP contribution in [0.15, 0.2) is 12.1 Å². The lowest BCUT2D eigenvalue weighted by atomic mass is 9.65. The molecule has 1 aromatic heterocycles. The van der Waals surface area contributed by atoms with E-state index in [0.717, 1.165) is 24.1 Å². The van der Waals surface area contributed by atoms with Crippen LogP contribution in [0.3, 0.4) is 0 Å². The van der Waals surface area contributed by atoms with Gasteiger partial charge in [-0.1, -0.05) is 11.6 Å². The Balaban J connectivity index is 2.02. The first-order valence-electron chi connectivity index (χ1n) is 5.74. The van der Waals surface area contributed by atoms with Crippen molar-refractivity contribution in [3.63, 3.8) is 0 Å². The maximum Gasteiger partial charge on any atom is 0.136 e. The highest BCUT2D eigenvalue weighted by Crippen LogP contribution is 2.45. The van der Waals surface area contributed by atoms with Crippen molar-refractivity contribution in [3.05, 3.63) is 28.5 Å². The van der Waals surface area contributed by atoms with E-state index in [2.05, 4.69) is 11.1 Å². The van der Waals surface area contributed by atoms with Crippen LogP contribution in [0.1, 0.15) is 42.9 Å². The van der Waals surface area contributed by atoms with Gasteiger partial charge in [-0.3, -0.25) is 4.79 Å². The van der Waals surface area contributed by atoms with E-state index >= 15 is 0 Å². The summed E-state index contributed by atoms with van der Waals surface area (Å²) in [6.07, 6.45) is 2.92. The maximum atomic E-state index is 11.2. The number of carbonyl (C=O) groups is 1. The molecule has 0 spiro atoms. The van der Waals surface area contributed by atoms with Crippen LogP contribution >= 0.6 is 11.6 Å². The molecule has 3 rings (SSSR count). The van der Waals surface area contributed by atoms with Gasteiger partial charge >= 0.3 is 0 Å². The van der Waals surface area contributed by atoms with Crippen LogP contribution in [-0.4, -0.2) is 10.8 Å². The van der Waals surface area contributed by atoms with Crippen molar-refractivity contribution in [2.24, 2.45) is 0 Å². The molecule has 4 heteroatoms. The molecule has 2 fully saturated rings. The number of nitriles is 1. The fourth-order valence-electron chi connectivity index (χ4n) is 2.35. The fourth-order valence-corrected chi connectivity index (χ4v) is 2.57. The lowest BCUT2D eigenvalue weighted by molar-refractivity contribution is -0.126. The largest absolute Gasteiger partial charge is 0.300 e. The second kappa shape index (κ2) is 3.54. The topological polar surface area (TPSA) is 53.8 Å². The van der Waals surface area contributed by atoms with Crippen LogP contribution in [0.5, 0.6) is 0 Å². The highest BCUT2D eigenvalue weighted by molar-refractivity contribution is 6.29. The van der Waals surface area contributed by atoms with E-state index in [1.54, 1.807) is 6.07 Å². The van der Waals surface area contributed by atoms with Gasteiger partial charge in [-0.2, -0.15) is 5.26 Å². The molecule has 3 nitrogen and oxygen atoms in total. The Hall–Kier alpha value is -1.40. The van der Waals surface area contributed by atoms with Crippen molar-refractivity contribution in [2.45, 2.75) is 37.0 Å². The first-order chi connectivity index (χ1) is 8.13. The van der Waals surface area contributed by atoms with Crippen LogP contribution in [0.2, 0.25) is 5.15 Å². The van der Waals surface area contributed by atoms with Crippen molar-refractivity contribution in [1.29, 1.82) is 5.26 Å². The van der Waals surface area contributed by atoms with E-state index in [4.69, 9.17) is 11.6 Å². The van der Waals surface area contributed by atoms with Gasteiger partial charge in [0.05, 0.1) is 11.5 Å². The summed E-state index contributed by atoms with van der Waals surface area (Å²) in [5.41, 5.74) is 1.19. The summed E-state index contributed by atoms with van der Waals surface area (Å²) >= 11 is 6.00. The van der Waals surface area contributed by atoms with E-state index in [-0.39, 0.29) is 5.78 Å². The Kier molecular flexibility index (Phi) is 2.24. The molecule has 1 heterocycles. The molecule has 0 amide bonds. The Bertz CT molecular complexity index is 535. The molecular weight excluding hydrogens is 236 g/mol. The van der Waals surface area contributed by atoms with Gasteiger partial charge in [0.15, 0.2) is 0 Å². The Labute approximate surface area is 104 Å². The number of carbonyl (C=O) groups excluding carboxylic acids is 1. The van der Waals surface area contributed by atoms with Crippen LogP contribution in [-0.2, 0) is 10.2 Å². The molecule has 0 atom stereocenters. The number of pyridine rings is 1. The van der Waals surface area contributed by atoms with E-state index in [9.17, 15) is 10.1 Å². The molecule has 0 bridgehead atoms. The van der Waals surface area contributed by atoms with E-state index in [0.29, 0.717) is 23.9 Å². The lowest BCUT2D eigenvalue weighted by Crippen LogP contribution is -2.40. The van der Waals surface area contributed by atoms with Crippen molar-refractivity contribution >= 4 is 17.4 Å². The number of aromatic nitrogens is 1. The predicted molar refractivity (Wildman–Crippen MR) is 62.8 cm³/mol. The van der Waals surface area contributed by atoms with Gasteiger partial charge < -0.3 is 0 Å². The van der Waals surface area contributed by atoms with Gasteiger partial charge in [0.1, 0.15) is 10.9 Å². The monoisotopic (exact) mass is 246 g/mol. The van der Waals surface area contributed by atoms with Crippen LogP contribution in [0, 0.1) is 11.3 Å². The summed E-state index contributed by atoms with van der Waals surface area (Å²) in [7, 11) is 0. The van der Waals surface area contributed by atoms with Crippen molar-refractivity contribution in [3.8, 4) is 6.07 Å². The normalized spacial score (nSPS) is 21.8. The smallest absolute Gasteiger partial charge is 0.136 e. The molecule has 0 aromatic carbocycles. The Morgan fingerprint density at radius 2 is 2.12 bits per heavy atom. The predicted octanol–water partition coefficient (Wildman–Crippen LogP) is 2.74. The highest BCUT2D eigenvalue weighted by Gasteiger charge is 2.46. The number of halogens is 1. The van der Waals surface area contributed by atoms with Crippen LogP contribution in [0.4, 0.5) is 0 Å². The molecule has 0 unspecified atom stereocenters. The third kappa shape index (κ3) is 1.73. The van der Waals surface area contributed by atoms with Crippen LogP contribution < -0.4 is 0 Å². The Morgan fingerprint density at radius 3 is 2.65 bits per heavy atom. The van der Waals surface area contributed by atoms with E-state index < -0.39 is 5.41 Å². The standard InChI is InChI=1S/C13H11ClN2O/c14-12-4-9(3-11(16-12)8-1-2-8)13(7-15)5-10(17)6-13/h3-4,8H,1-2,5-6H2. The number of rotatable bonds is 2. The summed E-state index contributed by atoms with van der Waals surface area (Å²) in [6, 6.07) is 5.95. The quantitative estimate of drug-likeness (QED) is 0.754. The average Bonchev–Trinajstić information content (AvgIpc) is 3.07. The molecule has 1 aromatic rings. The summed E-state index contributed by atoms with van der Waals surface area (Å²) < 4.78 is 0. The second-order valence-corrected chi connectivity index (χ2v) is 5.35. The summed E-state index contributed by atoms with van der Waals surface area (Å²) in [4.78, 5) is 15.5. The zero-order valence-electron chi connectivity index (χ0n) is 9.24. The van der Waals surface area contributed by atoms with Crippen molar-refractivity contribution in [1.82, 2.24) is 4.98 Å². The maximum absolute atomic E-state index is 11.2. The second-order valence-electron chi connectivity index (χ2n) is 4.96. The molecule has 0 N–H and O–H groups in total. The first kappa shape index (κ1) is 10.7. The molecular formula is C13H11ClN2O. The zero-order chi connectivity index (χ0) is 12.0. The summed E-state index contributed by atoms with van der Waals surface area (Å²) in [5.74, 6) is 0.645. The minimum absolute atomic E-state index is 0.146. The highest BCUT2D eigenvalue weighted by atomic mass is 35.5. The molecule has 0 saturated heterocycles. The van der Waals surface area contributed by atoms with Gasteiger partial charge in [0.25, 0.3) is 0 Å². The van der Waals surface area contributed by atoms with Gasteiger partial charge in [-0.05, 0) is 30.5 Å². The van der Waals surface area contributed by atoms with Gasteiger partial charge in [-0.15, -0.1) is 0 Å². The molecule has 2 aliphatic rings. The first-order valence-corrected chi connectivity index (χ1v) is 6.12. The van der Waals surface area contributed by atoms with Gasteiger partial charge in [0, 0.05) is 24.5 Å². The molecule has 0 aliphatic heterocycles. The summed E-state index contributed by atoms with van der Waals surface area (Å²) in [5, 5.41) is 9.71. The van der Waals surface area contributed by atoms with Crippen LogP contribution in [0.25, 0.3) is 0 Å². The SMILES string of the molecule is N#CC1(c2cc(Cl)nc(C3CC3)c2)CC(=O)C1. The molecule has 2 aliphatic carbocycles. The third-order valence-electron chi connectivity index (χ3n) is 3.57. The average molecular weight is 247 g/mol. The van der Waals surface area contributed by atoms with Gasteiger partial charge in [-0.25, -0.2) is 4.98 Å². The lowest BCUT2D eigenvalue weighted by Gasteiger charge is -2.34. The molecule has 86 valence electrons. The van der Waals surface area contributed by atoms with E-state index in [1.807, 2.05) is 6.07 Å². The molecule has 17 heavy (non-hydrogen) atoms. The number of hydrogen-bond donors (Lipinski definition) is 0. The van der Waals surface area contributed by atoms with E-state index in [1.165, 1.54) is 0 Å². The third-order valence-corrected chi connectivity index (χ3v) is 3.77. The number of hydrogen-bond acceptors (Lipinski definition) is 3. The molecule has 2 saturated carbocycles. The summed E-state index contributed by atoms with van der Waals surface area (Å²) in [6.45, 7) is 0. The zero-order valence-corrected chi connectivity index (χ0v) is 10.00. The number of nitrogens with zero attached hydrogens (tertiary/aromatic N) is 2. The molecule has 0 radical (unpaired) electrons. The van der Waals surface area contributed by atoms with Gasteiger partial charge in [0.2, 0.25) is 0 Å². The minimum atomic E-state index is -0.646. The van der Waals surface area contributed by atoms with Crippen molar-refractivity contribution in [2.75, 3.05) is 0 Å². The fraction of sp³-hybridized carbons (Fsp3) is 0.462.